The molecule has 44 heavy (non-hydrogen) atoms. The summed E-state index contributed by atoms with van der Waals surface area (Å²) in [6.07, 6.45) is 3.68. The molecule has 1 aromatic heterocycles. The number of carbonyl (C=O) groups excluding carboxylic acids is 3. The number of esters is 1. The number of nitrogens with two attached hydrogens (primary N) is 1. The smallest absolute Gasteiger partial charge is 0.337 e. The monoisotopic (exact) mass is 595 g/mol. The number of nitrogens with one attached hydrogen (secondary N) is 3. The van der Waals surface area contributed by atoms with Crippen LogP contribution in [0, 0.1) is 18.8 Å². The van der Waals surface area contributed by atoms with Crippen molar-refractivity contribution in [3.05, 3.63) is 83.4 Å². The van der Waals surface area contributed by atoms with E-state index in [1.807, 2.05) is 37.3 Å². The van der Waals surface area contributed by atoms with E-state index in [2.05, 4.69) is 31.3 Å². The molecule has 11 nitrogen and oxygen atoms in total. The maximum absolute atomic E-state index is 13.6. The first-order chi connectivity index (χ1) is 21.3. The number of methoxy groups -OCH3 is 1. The number of hydrogen-bond acceptors (Lipinski definition) is 8. The van der Waals surface area contributed by atoms with Crippen LogP contribution in [0.4, 0.5) is 5.69 Å². The van der Waals surface area contributed by atoms with Crippen molar-refractivity contribution in [1.29, 1.82) is 0 Å². The number of nitrogens with zero attached hydrogens (tertiary/aromatic N) is 3. The highest BCUT2D eigenvalue weighted by Crippen LogP contribution is 2.29. The van der Waals surface area contributed by atoms with Crippen LogP contribution in [0.2, 0.25) is 0 Å². The van der Waals surface area contributed by atoms with Gasteiger partial charge in [0.15, 0.2) is 0 Å². The van der Waals surface area contributed by atoms with E-state index in [1.165, 1.54) is 7.11 Å². The van der Waals surface area contributed by atoms with Gasteiger partial charge in [-0.3, -0.25) is 9.59 Å². The maximum Gasteiger partial charge on any atom is 0.337 e. The highest BCUT2D eigenvalue weighted by molar-refractivity contribution is 5.98. The number of rotatable bonds is 10. The second kappa shape index (κ2) is 14.0. The largest absolute Gasteiger partial charge is 0.465 e. The molecule has 0 aliphatic heterocycles. The number of aryl methyl sites for hydroxylation is 1. The van der Waals surface area contributed by atoms with Crippen LogP contribution in [0.1, 0.15) is 47.2 Å². The molecule has 2 amide bonds. The molecule has 228 valence electrons. The summed E-state index contributed by atoms with van der Waals surface area (Å²) in [5.41, 5.74) is 11.5. The summed E-state index contributed by atoms with van der Waals surface area (Å²) in [5, 5.41) is 19.9. The summed E-state index contributed by atoms with van der Waals surface area (Å²) in [7, 11) is 1.36. The first-order valence-electron chi connectivity index (χ1n) is 14.8. The molecular weight excluding hydrogens is 558 g/mol. The number of tetrazole rings is 1. The fourth-order valence-corrected chi connectivity index (χ4v) is 5.66. The van der Waals surface area contributed by atoms with Gasteiger partial charge in [-0.2, -0.15) is 5.21 Å². The van der Waals surface area contributed by atoms with E-state index >= 15 is 0 Å². The summed E-state index contributed by atoms with van der Waals surface area (Å²) in [6.45, 7) is 2.58. The predicted molar refractivity (Wildman–Crippen MR) is 166 cm³/mol. The molecule has 5 N–H and O–H groups in total. The van der Waals surface area contributed by atoms with E-state index in [9.17, 15) is 14.4 Å². The highest BCUT2D eigenvalue weighted by Gasteiger charge is 2.29. The number of aromatic amines is 1. The quantitative estimate of drug-likeness (QED) is 0.199. The Kier molecular flexibility index (Phi) is 9.75. The van der Waals surface area contributed by atoms with Crippen LogP contribution in [0.5, 0.6) is 0 Å². The molecule has 1 aliphatic carbocycles. The van der Waals surface area contributed by atoms with Crippen LogP contribution in [0.15, 0.2) is 66.7 Å². The summed E-state index contributed by atoms with van der Waals surface area (Å²) >= 11 is 0. The summed E-state index contributed by atoms with van der Waals surface area (Å²) in [5.74, 6) is -0.0224. The molecule has 11 heteroatoms. The molecule has 3 aromatic carbocycles. The molecule has 1 heterocycles. The minimum absolute atomic E-state index is 0.106. The van der Waals surface area contributed by atoms with Gasteiger partial charge in [-0.05, 0) is 109 Å². The third-order valence-corrected chi connectivity index (χ3v) is 8.29. The van der Waals surface area contributed by atoms with Gasteiger partial charge in [-0.25, -0.2) is 4.79 Å². The fraction of sp³-hybridized carbons (Fsp3) is 0.333. The SMILES string of the molecule is COC(=O)c1ccc(-c2ccc(C[C@H](NC(=O)C3CCC(CN)CC3)C(=O)Nc3ccc(-c4nn[nH]n4)cc3)cc2)c(C)c1. The van der Waals surface area contributed by atoms with Crippen LogP contribution in [-0.2, 0) is 20.7 Å². The normalized spacial score (nSPS) is 17.0. The second-order valence-electron chi connectivity index (χ2n) is 11.2. The molecule has 1 atom stereocenters. The molecule has 0 spiro atoms. The van der Waals surface area contributed by atoms with Crippen molar-refractivity contribution >= 4 is 23.5 Å². The molecule has 1 fully saturated rings. The van der Waals surface area contributed by atoms with Crippen molar-refractivity contribution in [2.45, 2.75) is 45.1 Å². The summed E-state index contributed by atoms with van der Waals surface area (Å²) in [6, 6.07) is 19.7. The first-order valence-corrected chi connectivity index (χ1v) is 14.8. The number of anilines is 1. The minimum Gasteiger partial charge on any atom is -0.465 e. The third-order valence-electron chi connectivity index (χ3n) is 8.29. The van der Waals surface area contributed by atoms with Crippen molar-refractivity contribution in [2.75, 3.05) is 19.0 Å². The van der Waals surface area contributed by atoms with Crippen LogP contribution in [-0.4, -0.2) is 58.1 Å². The lowest BCUT2D eigenvalue weighted by atomic mass is 9.81. The highest BCUT2D eigenvalue weighted by atomic mass is 16.5. The average molecular weight is 596 g/mol. The summed E-state index contributed by atoms with van der Waals surface area (Å²) in [4.78, 5) is 38.8. The van der Waals surface area contributed by atoms with Gasteiger partial charge in [-0.1, -0.05) is 30.3 Å². The lowest BCUT2D eigenvalue weighted by Crippen LogP contribution is -2.48. The Hall–Kier alpha value is -4.90. The van der Waals surface area contributed by atoms with E-state index in [0.717, 1.165) is 53.5 Å². The number of benzene rings is 3. The Morgan fingerprint density at radius 2 is 1.68 bits per heavy atom. The van der Waals surface area contributed by atoms with Gasteiger partial charge in [0, 0.05) is 23.6 Å². The number of carbonyl (C=O) groups is 3. The Morgan fingerprint density at radius 3 is 2.30 bits per heavy atom. The molecule has 0 bridgehead atoms. The number of amides is 2. The molecule has 5 rings (SSSR count). The van der Waals surface area contributed by atoms with Gasteiger partial charge in [0.1, 0.15) is 6.04 Å². The van der Waals surface area contributed by atoms with Gasteiger partial charge in [0.2, 0.25) is 17.6 Å². The molecule has 4 aromatic rings. The summed E-state index contributed by atoms with van der Waals surface area (Å²) < 4.78 is 4.83. The van der Waals surface area contributed by atoms with Crippen LogP contribution in [0.25, 0.3) is 22.5 Å². The molecular formula is C33H37N7O4. The van der Waals surface area contributed by atoms with Crippen molar-refractivity contribution in [3.63, 3.8) is 0 Å². The number of aromatic nitrogens is 4. The molecule has 1 aliphatic rings. The lowest BCUT2D eigenvalue weighted by Gasteiger charge is -2.28. The van der Waals surface area contributed by atoms with Gasteiger partial charge in [0.25, 0.3) is 0 Å². The van der Waals surface area contributed by atoms with Gasteiger partial charge >= 0.3 is 5.97 Å². The van der Waals surface area contributed by atoms with Gasteiger partial charge < -0.3 is 21.1 Å². The van der Waals surface area contributed by atoms with Crippen LogP contribution < -0.4 is 16.4 Å². The van der Waals surface area contributed by atoms with Crippen molar-refractivity contribution in [2.24, 2.45) is 17.6 Å². The molecule has 0 radical (unpaired) electrons. The van der Waals surface area contributed by atoms with E-state index in [4.69, 9.17) is 10.5 Å². The first kappa shape index (κ1) is 30.6. The van der Waals surface area contributed by atoms with Crippen LogP contribution in [0.3, 0.4) is 0 Å². The van der Waals surface area contributed by atoms with E-state index in [-0.39, 0.29) is 23.7 Å². The maximum atomic E-state index is 13.6. The zero-order chi connectivity index (χ0) is 31.1. The average Bonchev–Trinajstić information content (AvgIpc) is 3.60. The Morgan fingerprint density at radius 1 is 0.977 bits per heavy atom. The standard InChI is InChI=1S/C33H37N7O4/c1-20-17-26(33(43)44-2)13-16-28(20)23-7-3-21(4-8-23)18-29(36-31(41)25-9-5-22(19-34)6-10-25)32(42)35-27-14-11-24(12-15-27)30-37-39-40-38-30/h3-4,7-8,11-17,22,25,29H,5-6,9-10,18-19,34H2,1-2H3,(H,35,42)(H,36,41)(H,37,38,39,40)/t22?,25?,29-/m0/s1. The second-order valence-corrected chi connectivity index (χ2v) is 11.2. The zero-order valence-corrected chi connectivity index (χ0v) is 24.9. The van der Waals surface area contributed by atoms with Crippen molar-refractivity contribution in [1.82, 2.24) is 25.9 Å². The fourth-order valence-electron chi connectivity index (χ4n) is 5.66. The Labute approximate surface area is 256 Å². The predicted octanol–water partition coefficient (Wildman–Crippen LogP) is 4.06. The minimum atomic E-state index is -0.779. The van der Waals surface area contributed by atoms with Crippen LogP contribution >= 0.6 is 0 Å². The van der Waals surface area contributed by atoms with Crippen molar-refractivity contribution < 1.29 is 19.1 Å². The van der Waals surface area contributed by atoms with E-state index < -0.39 is 6.04 Å². The Balaban J connectivity index is 1.31. The number of H-pyrrole nitrogens is 1. The zero-order valence-electron chi connectivity index (χ0n) is 24.9. The number of ether oxygens (including phenoxy) is 1. The van der Waals surface area contributed by atoms with E-state index in [1.54, 1.807) is 36.4 Å². The van der Waals surface area contributed by atoms with E-state index in [0.29, 0.717) is 36.0 Å². The molecule has 1 saturated carbocycles. The Bertz CT molecular complexity index is 1580. The topological polar surface area (TPSA) is 165 Å². The van der Waals surface area contributed by atoms with Gasteiger partial charge in [0.05, 0.1) is 12.7 Å². The van der Waals surface area contributed by atoms with Crippen molar-refractivity contribution in [3.8, 4) is 22.5 Å². The number of hydrogen-bond donors (Lipinski definition) is 4. The third kappa shape index (κ3) is 7.35. The van der Waals surface area contributed by atoms with Gasteiger partial charge in [-0.15, -0.1) is 10.2 Å². The lowest BCUT2D eigenvalue weighted by molar-refractivity contribution is -0.130. The molecule has 0 unspecified atom stereocenters. The molecule has 0 saturated heterocycles.